The largest absolute Gasteiger partial charge is 0.493 e. The number of pyridine rings is 1. The van der Waals surface area contributed by atoms with Gasteiger partial charge in [0.1, 0.15) is 5.75 Å². The fraction of sp³-hybridized carbons (Fsp3) is 0.333. The third kappa shape index (κ3) is 2.68. The summed E-state index contributed by atoms with van der Waals surface area (Å²) in [5.41, 5.74) is 2.99. The Kier molecular flexibility index (Phi) is 3.71. The van der Waals surface area contributed by atoms with Gasteiger partial charge in [0.05, 0.1) is 12.6 Å². The molecule has 1 amide bonds. The smallest absolute Gasteiger partial charge is 0.254 e. The first-order valence-corrected chi connectivity index (χ1v) is 8.00. The highest BCUT2D eigenvalue weighted by molar-refractivity contribution is 5.95. The Morgan fingerprint density at radius 2 is 2.13 bits per heavy atom. The molecule has 2 aliphatic rings. The van der Waals surface area contributed by atoms with Crippen molar-refractivity contribution in [2.24, 2.45) is 0 Å². The predicted molar refractivity (Wildman–Crippen MR) is 86.5 cm³/mol. The van der Waals surface area contributed by atoms with E-state index in [2.05, 4.69) is 10.3 Å². The number of carbonyl (C=O) groups is 1. The normalized spacial score (nSPS) is 20.0. The van der Waals surface area contributed by atoms with Crippen molar-refractivity contribution in [3.05, 3.63) is 59.4 Å². The van der Waals surface area contributed by atoms with Gasteiger partial charge in [-0.25, -0.2) is 0 Å². The van der Waals surface area contributed by atoms with E-state index in [1.165, 1.54) is 0 Å². The zero-order valence-electron chi connectivity index (χ0n) is 12.9. The van der Waals surface area contributed by atoms with Gasteiger partial charge in [0.2, 0.25) is 0 Å². The lowest BCUT2D eigenvalue weighted by Gasteiger charge is -2.36. The average molecular weight is 309 g/mol. The lowest BCUT2D eigenvalue weighted by Crippen LogP contribution is -2.48. The van der Waals surface area contributed by atoms with Crippen molar-refractivity contribution in [1.82, 2.24) is 15.2 Å². The molecule has 0 bridgehead atoms. The number of hydrogen-bond acceptors (Lipinski definition) is 4. The van der Waals surface area contributed by atoms with Crippen molar-refractivity contribution in [3.63, 3.8) is 0 Å². The molecule has 1 atom stereocenters. The van der Waals surface area contributed by atoms with Gasteiger partial charge in [-0.15, -0.1) is 0 Å². The molecule has 1 saturated heterocycles. The highest BCUT2D eigenvalue weighted by atomic mass is 16.5. The molecule has 1 fully saturated rings. The highest BCUT2D eigenvalue weighted by Gasteiger charge is 2.29. The zero-order valence-corrected chi connectivity index (χ0v) is 12.9. The van der Waals surface area contributed by atoms with Crippen LogP contribution in [0.4, 0.5) is 0 Å². The summed E-state index contributed by atoms with van der Waals surface area (Å²) in [6.45, 7) is 3.00. The van der Waals surface area contributed by atoms with Crippen molar-refractivity contribution < 1.29 is 9.53 Å². The van der Waals surface area contributed by atoms with Gasteiger partial charge in [-0.2, -0.15) is 0 Å². The maximum atomic E-state index is 13.0. The molecule has 118 valence electrons. The van der Waals surface area contributed by atoms with Gasteiger partial charge >= 0.3 is 0 Å². The lowest BCUT2D eigenvalue weighted by molar-refractivity contribution is 0.0634. The summed E-state index contributed by atoms with van der Waals surface area (Å²) in [7, 11) is 0. The first kappa shape index (κ1) is 14.2. The Morgan fingerprint density at radius 3 is 3.00 bits per heavy atom. The summed E-state index contributed by atoms with van der Waals surface area (Å²) in [5, 5.41) is 3.38. The summed E-state index contributed by atoms with van der Waals surface area (Å²) >= 11 is 0. The van der Waals surface area contributed by atoms with Crippen LogP contribution in [0.3, 0.4) is 0 Å². The Morgan fingerprint density at radius 1 is 1.26 bits per heavy atom. The van der Waals surface area contributed by atoms with E-state index in [-0.39, 0.29) is 11.9 Å². The summed E-state index contributed by atoms with van der Waals surface area (Å²) in [6, 6.07) is 9.78. The number of ether oxygens (including phenoxy) is 1. The van der Waals surface area contributed by atoms with E-state index in [9.17, 15) is 4.79 Å². The van der Waals surface area contributed by atoms with Gasteiger partial charge in [-0.3, -0.25) is 9.78 Å². The fourth-order valence-electron chi connectivity index (χ4n) is 3.32. The zero-order chi connectivity index (χ0) is 15.6. The van der Waals surface area contributed by atoms with Crippen LogP contribution in [0.5, 0.6) is 5.75 Å². The number of benzene rings is 1. The molecule has 0 spiro atoms. The minimum atomic E-state index is 0.0451. The lowest BCUT2D eigenvalue weighted by atomic mass is 10.0. The molecule has 0 saturated carbocycles. The number of hydrogen-bond donors (Lipinski definition) is 1. The van der Waals surface area contributed by atoms with Crippen LogP contribution in [0, 0.1) is 0 Å². The number of rotatable bonds is 2. The molecule has 0 aliphatic carbocycles. The van der Waals surface area contributed by atoms with E-state index in [1.54, 1.807) is 12.4 Å². The third-order valence-corrected chi connectivity index (χ3v) is 4.53. The average Bonchev–Trinajstić information content (AvgIpc) is 3.09. The molecule has 2 aliphatic heterocycles. The van der Waals surface area contributed by atoms with Crippen molar-refractivity contribution >= 4 is 5.91 Å². The van der Waals surface area contributed by atoms with Gasteiger partial charge in [-0.05, 0) is 41.5 Å². The predicted octanol–water partition coefficient (Wildman–Crippen LogP) is 1.80. The molecule has 4 rings (SSSR count). The molecule has 2 aromatic rings. The monoisotopic (exact) mass is 309 g/mol. The van der Waals surface area contributed by atoms with Crippen LogP contribution in [0.1, 0.15) is 27.5 Å². The van der Waals surface area contributed by atoms with Crippen LogP contribution in [0.2, 0.25) is 0 Å². The van der Waals surface area contributed by atoms with Gasteiger partial charge < -0.3 is 15.0 Å². The molecule has 1 unspecified atom stereocenters. The Hall–Kier alpha value is -2.40. The van der Waals surface area contributed by atoms with Crippen LogP contribution in [0.25, 0.3) is 0 Å². The van der Waals surface area contributed by atoms with Crippen molar-refractivity contribution in [2.45, 2.75) is 12.5 Å². The van der Waals surface area contributed by atoms with Crippen LogP contribution < -0.4 is 10.1 Å². The molecule has 5 heteroatoms. The summed E-state index contributed by atoms with van der Waals surface area (Å²) in [5.74, 6) is 0.996. The first-order chi connectivity index (χ1) is 11.3. The van der Waals surface area contributed by atoms with Crippen molar-refractivity contribution in [3.8, 4) is 5.75 Å². The second kappa shape index (κ2) is 6.01. The summed E-state index contributed by atoms with van der Waals surface area (Å²) < 4.78 is 5.53. The molecule has 1 N–H and O–H groups in total. The van der Waals surface area contributed by atoms with Gasteiger partial charge in [0.25, 0.3) is 5.91 Å². The standard InChI is InChI=1S/C18H19N3O2/c22-18(15-1-2-17-14(11-15)5-10-23-17)21-9-8-20-12-16(21)13-3-6-19-7-4-13/h1-4,6-7,11,16,20H,5,8-10,12H2. The van der Waals surface area contributed by atoms with E-state index in [1.807, 2.05) is 35.2 Å². The van der Waals surface area contributed by atoms with Crippen LogP contribution in [-0.2, 0) is 6.42 Å². The number of nitrogens with one attached hydrogen (secondary N) is 1. The van der Waals surface area contributed by atoms with Crippen LogP contribution in [0.15, 0.2) is 42.7 Å². The molecule has 5 nitrogen and oxygen atoms in total. The van der Waals surface area contributed by atoms with Crippen LogP contribution >= 0.6 is 0 Å². The van der Waals surface area contributed by atoms with Crippen LogP contribution in [-0.4, -0.2) is 42.0 Å². The van der Waals surface area contributed by atoms with E-state index in [4.69, 9.17) is 4.74 Å². The molecule has 1 aromatic heterocycles. The van der Waals surface area contributed by atoms with E-state index in [0.29, 0.717) is 13.2 Å². The minimum Gasteiger partial charge on any atom is -0.493 e. The number of carbonyl (C=O) groups excluding carboxylic acids is 1. The van der Waals surface area contributed by atoms with Crippen molar-refractivity contribution in [2.75, 3.05) is 26.2 Å². The van der Waals surface area contributed by atoms with Gasteiger partial charge in [0.15, 0.2) is 0 Å². The highest BCUT2D eigenvalue weighted by Crippen LogP contribution is 2.28. The van der Waals surface area contributed by atoms with E-state index in [0.717, 1.165) is 42.0 Å². The van der Waals surface area contributed by atoms with E-state index >= 15 is 0 Å². The number of aromatic nitrogens is 1. The minimum absolute atomic E-state index is 0.0451. The molecule has 1 aromatic carbocycles. The Bertz CT molecular complexity index is 717. The molecular formula is C18H19N3O2. The van der Waals surface area contributed by atoms with Gasteiger partial charge in [-0.1, -0.05) is 0 Å². The maximum absolute atomic E-state index is 13.0. The fourth-order valence-corrected chi connectivity index (χ4v) is 3.32. The summed E-state index contributed by atoms with van der Waals surface area (Å²) in [4.78, 5) is 19.1. The first-order valence-electron chi connectivity index (χ1n) is 8.00. The second-order valence-corrected chi connectivity index (χ2v) is 5.92. The number of nitrogens with zero attached hydrogens (tertiary/aromatic N) is 2. The Balaban J connectivity index is 1.63. The number of piperazine rings is 1. The van der Waals surface area contributed by atoms with Gasteiger partial charge in [0, 0.05) is 44.0 Å². The Labute approximate surface area is 135 Å². The third-order valence-electron chi connectivity index (χ3n) is 4.53. The SMILES string of the molecule is O=C(c1ccc2c(c1)CCO2)N1CCNCC1c1ccncc1. The second-order valence-electron chi connectivity index (χ2n) is 5.92. The quantitative estimate of drug-likeness (QED) is 0.919. The maximum Gasteiger partial charge on any atom is 0.254 e. The van der Waals surface area contributed by atoms with Crippen molar-refractivity contribution in [1.29, 1.82) is 0 Å². The number of fused-ring (bicyclic) bond motifs is 1. The summed E-state index contributed by atoms with van der Waals surface area (Å²) in [6.07, 6.45) is 4.43. The molecule has 0 radical (unpaired) electrons. The molecule has 3 heterocycles. The van der Waals surface area contributed by atoms with E-state index < -0.39 is 0 Å². The molecule has 23 heavy (non-hydrogen) atoms. The topological polar surface area (TPSA) is 54.5 Å². The number of amides is 1. The molecular weight excluding hydrogens is 290 g/mol.